The van der Waals surface area contributed by atoms with Crippen LogP contribution in [-0.4, -0.2) is 42.5 Å². The number of furan rings is 1. The summed E-state index contributed by atoms with van der Waals surface area (Å²) < 4.78 is 5.38. The zero-order valence-corrected chi connectivity index (χ0v) is 16.2. The minimum absolute atomic E-state index is 0. The lowest BCUT2D eigenvalue weighted by Gasteiger charge is -2.32. The van der Waals surface area contributed by atoms with E-state index in [4.69, 9.17) is 4.42 Å². The molecule has 1 unspecified atom stereocenters. The van der Waals surface area contributed by atoms with Crippen molar-refractivity contribution in [3.8, 4) is 10.8 Å². The Morgan fingerprint density at radius 2 is 2.29 bits per heavy atom. The van der Waals surface area contributed by atoms with Crippen molar-refractivity contribution in [2.75, 3.05) is 26.7 Å². The fraction of sp³-hybridized carbons (Fsp3) is 0.500. The van der Waals surface area contributed by atoms with Gasteiger partial charge in [-0.25, -0.2) is 4.98 Å². The predicted molar refractivity (Wildman–Crippen MR) is 102 cm³/mol. The van der Waals surface area contributed by atoms with Crippen molar-refractivity contribution in [2.45, 2.75) is 19.8 Å². The van der Waals surface area contributed by atoms with Crippen LogP contribution in [0.4, 0.5) is 0 Å². The van der Waals surface area contributed by atoms with E-state index in [0.717, 1.165) is 41.7 Å². The van der Waals surface area contributed by atoms with Crippen LogP contribution in [0.15, 0.2) is 22.8 Å². The van der Waals surface area contributed by atoms with Gasteiger partial charge >= 0.3 is 0 Å². The molecule has 0 radical (unpaired) electrons. The maximum atomic E-state index is 12.8. The van der Waals surface area contributed by atoms with Crippen LogP contribution < -0.4 is 5.32 Å². The second-order valence-corrected chi connectivity index (χ2v) is 6.92. The van der Waals surface area contributed by atoms with Gasteiger partial charge in [0.2, 0.25) is 0 Å². The molecular formula is C16H23Cl2N3O2S. The molecular weight excluding hydrogens is 369 g/mol. The smallest absolute Gasteiger partial charge is 0.273 e. The number of aryl methyl sites for hydroxylation is 1. The van der Waals surface area contributed by atoms with Crippen LogP contribution in [-0.2, 0) is 0 Å². The number of nitrogens with zero attached hydrogens (tertiary/aromatic N) is 2. The van der Waals surface area contributed by atoms with E-state index >= 15 is 0 Å². The Balaban J connectivity index is 0.00000144. The summed E-state index contributed by atoms with van der Waals surface area (Å²) in [6, 6.07) is 3.71. The van der Waals surface area contributed by atoms with Crippen molar-refractivity contribution >= 4 is 42.1 Å². The summed E-state index contributed by atoms with van der Waals surface area (Å²) in [4.78, 5) is 20.2. The number of thiazole rings is 1. The number of amides is 1. The number of likely N-dealkylation sites (tertiary alicyclic amines) is 1. The van der Waals surface area contributed by atoms with Gasteiger partial charge in [-0.1, -0.05) is 0 Å². The molecule has 0 saturated carbocycles. The van der Waals surface area contributed by atoms with Crippen LogP contribution in [0.3, 0.4) is 0 Å². The average molecular weight is 392 g/mol. The minimum Gasteiger partial charge on any atom is -0.462 e. The summed E-state index contributed by atoms with van der Waals surface area (Å²) in [5, 5.41) is 3.98. The first-order valence-electron chi connectivity index (χ1n) is 7.64. The van der Waals surface area contributed by atoms with Gasteiger partial charge < -0.3 is 14.6 Å². The lowest BCUT2D eigenvalue weighted by Crippen LogP contribution is -2.42. The van der Waals surface area contributed by atoms with Gasteiger partial charge in [0.05, 0.1) is 6.26 Å². The van der Waals surface area contributed by atoms with Gasteiger partial charge in [-0.2, -0.15) is 0 Å². The number of halogens is 2. The van der Waals surface area contributed by atoms with Gasteiger partial charge in [0.1, 0.15) is 5.69 Å². The molecule has 0 aromatic carbocycles. The van der Waals surface area contributed by atoms with Gasteiger partial charge in [-0.15, -0.1) is 36.2 Å². The van der Waals surface area contributed by atoms with Crippen molar-refractivity contribution in [2.24, 2.45) is 5.92 Å². The zero-order valence-electron chi connectivity index (χ0n) is 13.8. The fourth-order valence-corrected chi connectivity index (χ4v) is 3.83. The Labute approximate surface area is 158 Å². The quantitative estimate of drug-likeness (QED) is 0.864. The van der Waals surface area contributed by atoms with Crippen LogP contribution in [0, 0.1) is 12.8 Å². The molecule has 8 heteroatoms. The first kappa shape index (κ1) is 21.0. The van der Waals surface area contributed by atoms with Gasteiger partial charge in [0.25, 0.3) is 5.91 Å². The highest BCUT2D eigenvalue weighted by Crippen LogP contribution is 2.29. The predicted octanol–water partition coefficient (Wildman–Crippen LogP) is 3.63. The van der Waals surface area contributed by atoms with Crippen LogP contribution in [0.5, 0.6) is 0 Å². The molecule has 134 valence electrons. The highest BCUT2D eigenvalue weighted by Gasteiger charge is 2.27. The number of piperidine rings is 1. The minimum atomic E-state index is 0. The standard InChI is InChI=1S/C16H21N3O2S.2ClH/c1-11-14(18-15(22-11)13-6-4-8-21-13)16(20)19-7-3-5-12(10-19)9-17-2;;/h4,6,8,12,17H,3,5,7,9-10H2,1-2H3;2*1H. The molecule has 2 aromatic rings. The third-order valence-corrected chi connectivity index (χ3v) is 5.02. The molecule has 1 N–H and O–H groups in total. The topological polar surface area (TPSA) is 58.4 Å². The lowest BCUT2D eigenvalue weighted by atomic mass is 9.98. The molecule has 1 fully saturated rings. The number of hydrogen-bond donors (Lipinski definition) is 1. The van der Waals surface area contributed by atoms with Crippen LogP contribution in [0.1, 0.15) is 28.2 Å². The van der Waals surface area contributed by atoms with E-state index in [-0.39, 0.29) is 30.7 Å². The van der Waals surface area contributed by atoms with E-state index in [9.17, 15) is 4.79 Å². The third-order valence-electron chi connectivity index (χ3n) is 4.03. The summed E-state index contributed by atoms with van der Waals surface area (Å²) >= 11 is 1.51. The molecule has 0 spiro atoms. The summed E-state index contributed by atoms with van der Waals surface area (Å²) in [6.07, 6.45) is 3.87. The number of rotatable bonds is 4. The van der Waals surface area contributed by atoms with Crippen molar-refractivity contribution < 1.29 is 9.21 Å². The Kier molecular flexibility index (Phi) is 8.22. The molecule has 1 saturated heterocycles. The average Bonchev–Trinajstić information content (AvgIpc) is 3.16. The molecule has 1 aliphatic heterocycles. The van der Waals surface area contributed by atoms with E-state index in [1.54, 1.807) is 6.26 Å². The number of nitrogens with one attached hydrogen (secondary N) is 1. The van der Waals surface area contributed by atoms with Gasteiger partial charge in [-0.05, 0) is 51.4 Å². The van der Waals surface area contributed by atoms with Gasteiger partial charge in [0.15, 0.2) is 10.8 Å². The summed E-state index contributed by atoms with van der Waals surface area (Å²) in [5.41, 5.74) is 0.571. The summed E-state index contributed by atoms with van der Waals surface area (Å²) in [5.74, 6) is 1.30. The normalized spacial score (nSPS) is 17.1. The Hall–Kier alpha value is -1.08. The van der Waals surface area contributed by atoms with Gasteiger partial charge in [0, 0.05) is 18.0 Å². The van der Waals surface area contributed by atoms with E-state index in [0.29, 0.717) is 11.6 Å². The number of hydrogen-bond acceptors (Lipinski definition) is 5. The Morgan fingerprint density at radius 3 is 2.96 bits per heavy atom. The van der Waals surface area contributed by atoms with Crippen LogP contribution in [0.2, 0.25) is 0 Å². The molecule has 5 nitrogen and oxygen atoms in total. The molecule has 2 aromatic heterocycles. The first-order valence-corrected chi connectivity index (χ1v) is 8.46. The molecule has 3 heterocycles. The van der Waals surface area contributed by atoms with Crippen molar-refractivity contribution in [3.63, 3.8) is 0 Å². The second kappa shape index (κ2) is 9.42. The SMILES string of the molecule is CNCC1CCCN(C(=O)c2nc(-c3ccco3)sc2C)C1.Cl.Cl. The number of aromatic nitrogens is 1. The summed E-state index contributed by atoms with van der Waals surface area (Å²) in [6.45, 7) is 4.54. The Morgan fingerprint density at radius 1 is 1.50 bits per heavy atom. The van der Waals surface area contributed by atoms with Crippen molar-refractivity contribution in [3.05, 3.63) is 29.0 Å². The molecule has 1 aliphatic rings. The van der Waals surface area contributed by atoms with E-state index < -0.39 is 0 Å². The highest BCUT2D eigenvalue weighted by atomic mass is 35.5. The number of carbonyl (C=O) groups excluding carboxylic acids is 1. The Bertz CT molecular complexity index is 644. The lowest BCUT2D eigenvalue weighted by molar-refractivity contribution is 0.0668. The van der Waals surface area contributed by atoms with E-state index in [1.165, 1.54) is 17.8 Å². The highest BCUT2D eigenvalue weighted by molar-refractivity contribution is 7.15. The number of carbonyl (C=O) groups is 1. The van der Waals surface area contributed by atoms with Crippen LogP contribution in [0.25, 0.3) is 10.8 Å². The zero-order chi connectivity index (χ0) is 15.5. The van der Waals surface area contributed by atoms with Crippen molar-refractivity contribution in [1.29, 1.82) is 0 Å². The summed E-state index contributed by atoms with van der Waals surface area (Å²) in [7, 11) is 1.96. The van der Waals surface area contributed by atoms with Crippen LogP contribution >= 0.6 is 36.2 Å². The van der Waals surface area contributed by atoms with E-state index in [1.807, 2.05) is 31.0 Å². The molecule has 24 heavy (non-hydrogen) atoms. The molecule has 3 rings (SSSR count). The maximum Gasteiger partial charge on any atom is 0.273 e. The third kappa shape index (κ3) is 4.51. The van der Waals surface area contributed by atoms with E-state index in [2.05, 4.69) is 10.3 Å². The molecule has 1 atom stereocenters. The maximum absolute atomic E-state index is 12.8. The van der Waals surface area contributed by atoms with Crippen molar-refractivity contribution in [1.82, 2.24) is 15.2 Å². The first-order chi connectivity index (χ1) is 10.7. The molecule has 0 aliphatic carbocycles. The van der Waals surface area contributed by atoms with Gasteiger partial charge in [-0.3, -0.25) is 4.79 Å². The molecule has 0 bridgehead atoms. The fourth-order valence-electron chi connectivity index (χ4n) is 2.96. The largest absolute Gasteiger partial charge is 0.462 e. The monoisotopic (exact) mass is 391 g/mol. The molecule has 1 amide bonds. The second-order valence-electron chi connectivity index (χ2n) is 5.72.